The number of hydrogen-bond donors (Lipinski definition) is 2. The van der Waals surface area contributed by atoms with E-state index in [4.69, 9.17) is 38.4 Å². The summed E-state index contributed by atoms with van der Waals surface area (Å²) in [5.41, 5.74) is 8.24. The Balaban J connectivity index is 1.31. The minimum Gasteiger partial charge on any atom is -0.380 e. The summed E-state index contributed by atoms with van der Waals surface area (Å²) in [5, 5.41) is 13.0. The predicted octanol–water partition coefficient (Wildman–Crippen LogP) is 5.22. The first-order valence-electron chi connectivity index (χ1n) is 12.7. The molecular weight excluding hydrogens is 572 g/mol. The summed E-state index contributed by atoms with van der Waals surface area (Å²) in [5.74, 6) is 0.407. The summed E-state index contributed by atoms with van der Waals surface area (Å²) in [4.78, 5) is 25.9. The molecule has 0 amide bonds. The van der Waals surface area contributed by atoms with Gasteiger partial charge in [0.25, 0.3) is 5.56 Å². The normalized spacial score (nSPS) is 16.5. The topological polar surface area (TPSA) is 146 Å². The molecule has 0 radical (unpaired) electrons. The van der Waals surface area contributed by atoms with Gasteiger partial charge in [-0.15, -0.1) is 5.10 Å². The number of hydrogen-bond acceptors (Lipinski definition) is 8. The van der Waals surface area contributed by atoms with Crippen molar-refractivity contribution in [3.63, 3.8) is 0 Å². The maximum atomic E-state index is 15.2. The van der Waals surface area contributed by atoms with Crippen molar-refractivity contribution in [3.8, 4) is 28.2 Å². The number of benzene rings is 2. The first-order chi connectivity index (χ1) is 19.8. The Kier molecular flexibility index (Phi) is 5.91. The number of H-pyrrole nitrogens is 1. The molecule has 0 saturated heterocycles. The van der Waals surface area contributed by atoms with Crippen LogP contribution in [0.15, 0.2) is 58.0 Å². The van der Waals surface area contributed by atoms with Crippen LogP contribution in [0.25, 0.3) is 39.2 Å². The fourth-order valence-corrected chi connectivity index (χ4v) is 5.77. The van der Waals surface area contributed by atoms with Crippen LogP contribution < -0.4 is 11.3 Å². The Morgan fingerprint density at radius 2 is 2.02 bits per heavy atom. The van der Waals surface area contributed by atoms with E-state index in [0.29, 0.717) is 63.0 Å². The van der Waals surface area contributed by atoms with E-state index < -0.39 is 12.0 Å². The molecule has 14 heteroatoms. The molecule has 7 rings (SSSR count). The zero-order valence-electron chi connectivity index (χ0n) is 21.3. The van der Waals surface area contributed by atoms with Crippen LogP contribution in [-0.2, 0) is 6.42 Å². The minimum absolute atomic E-state index is 0.0478. The van der Waals surface area contributed by atoms with Gasteiger partial charge in [0.2, 0.25) is 5.95 Å². The number of fused-ring (bicyclic) bond motifs is 2. The van der Waals surface area contributed by atoms with Crippen molar-refractivity contribution in [1.82, 2.24) is 39.7 Å². The van der Waals surface area contributed by atoms with E-state index in [0.717, 1.165) is 0 Å². The molecule has 6 aromatic rings. The third-order valence-electron chi connectivity index (χ3n) is 7.41. The summed E-state index contributed by atoms with van der Waals surface area (Å²) >= 11 is 12.3. The first-order valence-corrected chi connectivity index (χ1v) is 13.5. The van der Waals surface area contributed by atoms with Crippen LogP contribution in [0.4, 0.5) is 10.2 Å². The lowest BCUT2D eigenvalue weighted by Gasteiger charge is -2.18. The molecule has 0 spiro atoms. The number of nitrogens with zero attached hydrogens (tertiary/aromatic N) is 7. The van der Waals surface area contributed by atoms with Crippen molar-refractivity contribution in [2.45, 2.75) is 25.8 Å². The van der Waals surface area contributed by atoms with Crippen molar-refractivity contribution >= 4 is 40.0 Å². The van der Waals surface area contributed by atoms with Gasteiger partial charge in [0.15, 0.2) is 16.6 Å². The lowest BCUT2D eigenvalue weighted by Crippen LogP contribution is -2.27. The van der Waals surface area contributed by atoms with E-state index in [-0.39, 0.29) is 28.1 Å². The highest BCUT2D eigenvalue weighted by molar-refractivity contribution is 6.31. The van der Waals surface area contributed by atoms with Gasteiger partial charge >= 0.3 is 0 Å². The maximum Gasteiger partial charge on any atom is 0.254 e. The zero-order chi connectivity index (χ0) is 28.4. The molecule has 4 aromatic heterocycles. The molecule has 11 nitrogen and oxygen atoms in total. The number of nitrogens with one attached hydrogen (secondary N) is 1. The number of anilines is 1. The second-order valence-corrected chi connectivity index (χ2v) is 10.6. The molecule has 0 bridgehead atoms. The standard InChI is InChI=1S/C27H20Cl2FN9O2/c1-2-12-8-21-32-17(16-9-14(28)4-6-18(16)38-11-20(29)35-37-38)10-22(40)39(21)24(12)27-33-23(25(30)34-27)13-3-5-15-19(7-13)41-36-26(15)31/h3-7,9-12,24H,2,8H2,1H3,(H2,31,36)(H,33,34)/t12?,24-/m0/s1. The van der Waals surface area contributed by atoms with Crippen LogP contribution in [-0.4, -0.2) is 39.7 Å². The number of imidazole rings is 1. The van der Waals surface area contributed by atoms with Crippen LogP contribution in [0.1, 0.15) is 31.0 Å². The number of aromatic amines is 1. The van der Waals surface area contributed by atoms with Gasteiger partial charge in [-0.2, -0.15) is 4.39 Å². The van der Waals surface area contributed by atoms with Crippen LogP contribution in [0.5, 0.6) is 0 Å². The molecule has 206 valence electrons. The fourth-order valence-electron chi connectivity index (χ4n) is 5.48. The summed E-state index contributed by atoms with van der Waals surface area (Å²) < 4.78 is 23.6. The molecule has 0 fully saturated rings. The second kappa shape index (κ2) is 9.53. The lowest BCUT2D eigenvalue weighted by molar-refractivity contribution is 0.404. The van der Waals surface area contributed by atoms with Crippen LogP contribution in [0.3, 0.4) is 0 Å². The Labute approximate surface area is 240 Å². The van der Waals surface area contributed by atoms with Gasteiger partial charge in [0, 0.05) is 28.6 Å². The molecule has 1 unspecified atom stereocenters. The van der Waals surface area contributed by atoms with Crippen molar-refractivity contribution in [2.24, 2.45) is 5.92 Å². The Morgan fingerprint density at radius 3 is 2.80 bits per heavy atom. The molecule has 1 aliphatic rings. The summed E-state index contributed by atoms with van der Waals surface area (Å²) in [7, 11) is 0. The third-order valence-corrected chi connectivity index (χ3v) is 7.82. The third kappa shape index (κ3) is 4.18. The Hall–Kier alpha value is -4.55. The Bertz CT molecular complexity index is 2030. The van der Waals surface area contributed by atoms with Gasteiger partial charge in [0.05, 0.1) is 29.0 Å². The van der Waals surface area contributed by atoms with E-state index in [9.17, 15) is 4.79 Å². The summed E-state index contributed by atoms with van der Waals surface area (Å²) in [6.07, 6.45) is 2.76. The minimum atomic E-state index is -0.692. The molecule has 2 aromatic carbocycles. The van der Waals surface area contributed by atoms with E-state index in [1.54, 1.807) is 47.2 Å². The maximum absolute atomic E-state index is 15.2. The smallest absolute Gasteiger partial charge is 0.254 e. The summed E-state index contributed by atoms with van der Waals surface area (Å²) in [6.45, 7) is 2.02. The van der Waals surface area contributed by atoms with Crippen molar-refractivity contribution in [2.75, 3.05) is 5.73 Å². The van der Waals surface area contributed by atoms with Crippen molar-refractivity contribution in [1.29, 1.82) is 0 Å². The number of aromatic nitrogens is 8. The predicted molar refractivity (Wildman–Crippen MR) is 150 cm³/mol. The van der Waals surface area contributed by atoms with Gasteiger partial charge in [-0.3, -0.25) is 9.36 Å². The molecule has 0 aliphatic carbocycles. The summed E-state index contributed by atoms with van der Waals surface area (Å²) in [6, 6.07) is 11.1. The second-order valence-electron chi connectivity index (χ2n) is 9.80. The average molecular weight is 592 g/mol. The van der Waals surface area contributed by atoms with E-state index >= 15 is 4.39 Å². The lowest BCUT2D eigenvalue weighted by atomic mass is 9.96. The van der Waals surface area contributed by atoms with Crippen LogP contribution in [0.2, 0.25) is 10.2 Å². The molecule has 41 heavy (non-hydrogen) atoms. The van der Waals surface area contributed by atoms with Crippen molar-refractivity contribution < 1.29 is 8.91 Å². The molecule has 1 aliphatic heterocycles. The monoisotopic (exact) mass is 591 g/mol. The Morgan fingerprint density at radius 1 is 1.17 bits per heavy atom. The molecule has 3 N–H and O–H groups in total. The van der Waals surface area contributed by atoms with E-state index in [1.165, 1.54) is 10.7 Å². The van der Waals surface area contributed by atoms with Gasteiger partial charge in [-0.05, 0) is 36.2 Å². The number of nitrogens with two attached hydrogens (primary N) is 1. The quantitative estimate of drug-likeness (QED) is 0.277. The molecule has 2 atom stereocenters. The number of halogens is 3. The first kappa shape index (κ1) is 25.4. The average Bonchev–Trinajstić information content (AvgIpc) is 3.73. The number of rotatable bonds is 5. The molecule has 5 heterocycles. The van der Waals surface area contributed by atoms with Gasteiger partial charge in [-0.25, -0.2) is 14.6 Å². The van der Waals surface area contributed by atoms with Crippen LogP contribution >= 0.6 is 23.2 Å². The van der Waals surface area contributed by atoms with Crippen LogP contribution in [0, 0.1) is 11.9 Å². The highest BCUT2D eigenvalue weighted by atomic mass is 35.5. The van der Waals surface area contributed by atoms with Gasteiger partial charge < -0.3 is 15.2 Å². The highest BCUT2D eigenvalue weighted by Crippen LogP contribution is 2.38. The largest absolute Gasteiger partial charge is 0.380 e. The van der Waals surface area contributed by atoms with Gasteiger partial charge in [0.1, 0.15) is 17.3 Å². The van der Waals surface area contributed by atoms with E-state index in [1.807, 2.05) is 6.92 Å². The van der Waals surface area contributed by atoms with Crippen molar-refractivity contribution in [3.05, 3.63) is 86.8 Å². The molecule has 0 saturated carbocycles. The fraction of sp³-hybridized carbons (Fsp3) is 0.185. The molecular formula is C27H20Cl2FN9O2. The zero-order valence-corrected chi connectivity index (χ0v) is 22.9. The highest BCUT2D eigenvalue weighted by Gasteiger charge is 2.37. The SMILES string of the molecule is CCC1Cc2nc(-c3cc(Cl)ccc3-n3cc(Cl)nn3)cc(=O)n2[C@@H]1c1nc(F)c(-c2ccc3c(N)noc3c2)[nH]1. The number of nitrogen functional groups attached to an aromatic ring is 1. The van der Waals surface area contributed by atoms with E-state index in [2.05, 4.69) is 25.4 Å². The van der Waals surface area contributed by atoms with Gasteiger partial charge in [-0.1, -0.05) is 53.0 Å².